The van der Waals surface area contributed by atoms with Gasteiger partial charge in [-0.15, -0.1) is 0 Å². The molecule has 4 rings (SSSR count). The standard InChI is InChI=1S/C22H21ClN2O4S/c1-24(18-7-6-16-4-2-3-5-17(16)14-18)22(26)20-15-19(8-9-21(20)23)30(27,28)25-10-12-29-13-11-25/h2-9,14-15H,10-13H2,1H3. The Bertz CT molecular complexity index is 1210. The predicted molar refractivity (Wildman–Crippen MR) is 118 cm³/mol. The molecule has 1 fully saturated rings. The molecule has 0 atom stereocenters. The van der Waals surface area contributed by atoms with Gasteiger partial charge in [-0.05, 0) is 41.1 Å². The fraction of sp³-hybridized carbons (Fsp3) is 0.227. The summed E-state index contributed by atoms with van der Waals surface area (Å²) in [7, 11) is -2.09. The third-order valence-electron chi connectivity index (χ3n) is 5.20. The quantitative estimate of drug-likeness (QED) is 0.614. The van der Waals surface area contributed by atoms with Crippen LogP contribution in [0, 0.1) is 0 Å². The first-order valence-corrected chi connectivity index (χ1v) is 11.3. The molecule has 1 saturated heterocycles. The molecule has 0 unspecified atom stereocenters. The molecule has 156 valence electrons. The number of amides is 1. The van der Waals surface area contributed by atoms with Crippen molar-refractivity contribution < 1.29 is 17.9 Å². The van der Waals surface area contributed by atoms with Crippen LogP contribution in [0.2, 0.25) is 5.02 Å². The van der Waals surface area contributed by atoms with Gasteiger partial charge in [0.15, 0.2) is 0 Å². The highest BCUT2D eigenvalue weighted by Crippen LogP contribution is 2.27. The minimum Gasteiger partial charge on any atom is -0.379 e. The summed E-state index contributed by atoms with van der Waals surface area (Å²) < 4.78 is 32.5. The fourth-order valence-corrected chi connectivity index (χ4v) is 5.08. The van der Waals surface area contributed by atoms with E-state index in [1.807, 2.05) is 42.5 Å². The maximum absolute atomic E-state index is 13.2. The molecular formula is C22H21ClN2O4S. The number of halogens is 1. The van der Waals surface area contributed by atoms with Crippen molar-refractivity contribution in [3.63, 3.8) is 0 Å². The van der Waals surface area contributed by atoms with Crippen LogP contribution in [0.5, 0.6) is 0 Å². The monoisotopic (exact) mass is 444 g/mol. The number of fused-ring (bicyclic) bond motifs is 1. The van der Waals surface area contributed by atoms with Crippen molar-refractivity contribution in [2.75, 3.05) is 38.3 Å². The number of anilines is 1. The summed E-state index contributed by atoms with van der Waals surface area (Å²) in [6.07, 6.45) is 0. The third-order valence-corrected chi connectivity index (χ3v) is 7.43. The van der Waals surface area contributed by atoms with Gasteiger partial charge >= 0.3 is 0 Å². The lowest BCUT2D eigenvalue weighted by Crippen LogP contribution is -2.40. The van der Waals surface area contributed by atoms with Crippen LogP contribution in [0.15, 0.2) is 65.6 Å². The van der Waals surface area contributed by atoms with E-state index in [1.54, 1.807) is 7.05 Å². The number of hydrogen-bond acceptors (Lipinski definition) is 4. The Morgan fingerprint density at radius 2 is 1.70 bits per heavy atom. The molecule has 1 heterocycles. The van der Waals surface area contributed by atoms with Gasteiger partial charge in [0.2, 0.25) is 10.0 Å². The van der Waals surface area contributed by atoms with E-state index in [0.717, 1.165) is 10.8 Å². The Balaban J connectivity index is 1.67. The molecule has 6 nitrogen and oxygen atoms in total. The van der Waals surface area contributed by atoms with Crippen molar-refractivity contribution >= 4 is 44.0 Å². The Morgan fingerprint density at radius 1 is 1.00 bits per heavy atom. The molecular weight excluding hydrogens is 424 g/mol. The summed E-state index contributed by atoms with van der Waals surface area (Å²) in [6, 6.07) is 17.8. The maximum Gasteiger partial charge on any atom is 0.259 e. The maximum atomic E-state index is 13.2. The lowest BCUT2D eigenvalue weighted by atomic mass is 10.1. The van der Waals surface area contributed by atoms with Gasteiger partial charge in [-0.1, -0.05) is 41.9 Å². The van der Waals surface area contributed by atoms with Crippen LogP contribution < -0.4 is 4.90 Å². The largest absolute Gasteiger partial charge is 0.379 e. The number of rotatable bonds is 4. The Hall–Kier alpha value is -2.45. The normalized spacial score (nSPS) is 15.3. The van der Waals surface area contributed by atoms with E-state index >= 15 is 0 Å². The third kappa shape index (κ3) is 3.94. The topological polar surface area (TPSA) is 66.9 Å². The summed E-state index contributed by atoms with van der Waals surface area (Å²) in [5.41, 5.74) is 0.831. The molecule has 30 heavy (non-hydrogen) atoms. The lowest BCUT2D eigenvalue weighted by molar-refractivity contribution is 0.0730. The van der Waals surface area contributed by atoms with Crippen LogP contribution in [-0.4, -0.2) is 52.0 Å². The molecule has 3 aromatic rings. The van der Waals surface area contributed by atoms with Crippen molar-refractivity contribution in [2.45, 2.75) is 4.90 Å². The van der Waals surface area contributed by atoms with Crippen molar-refractivity contribution in [3.8, 4) is 0 Å². The number of ether oxygens (including phenoxy) is 1. The SMILES string of the molecule is CN(C(=O)c1cc(S(=O)(=O)N2CCOCC2)ccc1Cl)c1ccc2ccccc2c1. The van der Waals surface area contributed by atoms with E-state index in [-0.39, 0.29) is 34.5 Å². The van der Waals surface area contributed by atoms with Crippen LogP contribution in [0.3, 0.4) is 0 Å². The average molecular weight is 445 g/mol. The van der Waals surface area contributed by atoms with Gasteiger partial charge in [-0.2, -0.15) is 4.31 Å². The second-order valence-electron chi connectivity index (χ2n) is 7.05. The van der Waals surface area contributed by atoms with Crippen LogP contribution in [0.25, 0.3) is 10.8 Å². The van der Waals surface area contributed by atoms with E-state index in [4.69, 9.17) is 16.3 Å². The predicted octanol–water partition coefficient (Wildman–Crippen LogP) is 3.79. The first-order chi connectivity index (χ1) is 14.4. The average Bonchev–Trinajstić information content (AvgIpc) is 2.78. The van der Waals surface area contributed by atoms with Crippen molar-refractivity contribution in [1.82, 2.24) is 4.31 Å². The van der Waals surface area contributed by atoms with Gasteiger partial charge in [0, 0.05) is 25.8 Å². The number of hydrogen-bond donors (Lipinski definition) is 0. The molecule has 1 amide bonds. The van der Waals surface area contributed by atoms with Gasteiger partial charge < -0.3 is 9.64 Å². The number of carbonyl (C=O) groups excluding carboxylic acids is 1. The van der Waals surface area contributed by atoms with Crippen LogP contribution in [0.1, 0.15) is 10.4 Å². The molecule has 1 aliphatic rings. The first kappa shape index (κ1) is 20.8. The molecule has 0 saturated carbocycles. The zero-order chi connectivity index (χ0) is 21.3. The summed E-state index contributed by atoms with van der Waals surface area (Å²) >= 11 is 6.28. The number of benzene rings is 3. The fourth-order valence-electron chi connectivity index (χ4n) is 3.45. The highest BCUT2D eigenvalue weighted by Gasteiger charge is 2.28. The molecule has 1 aliphatic heterocycles. The van der Waals surface area contributed by atoms with Gasteiger partial charge in [0.05, 0.1) is 28.7 Å². The summed E-state index contributed by atoms with van der Waals surface area (Å²) in [5.74, 6) is -0.380. The minimum atomic E-state index is -3.73. The second kappa shape index (κ2) is 8.35. The zero-order valence-electron chi connectivity index (χ0n) is 16.4. The number of morpholine rings is 1. The second-order valence-corrected chi connectivity index (χ2v) is 9.40. The molecule has 3 aromatic carbocycles. The zero-order valence-corrected chi connectivity index (χ0v) is 18.0. The lowest BCUT2D eigenvalue weighted by Gasteiger charge is -2.26. The Morgan fingerprint density at radius 3 is 2.43 bits per heavy atom. The van der Waals surface area contributed by atoms with Crippen molar-refractivity contribution in [1.29, 1.82) is 0 Å². The molecule has 8 heteroatoms. The van der Waals surface area contributed by atoms with Crippen LogP contribution >= 0.6 is 11.6 Å². The van der Waals surface area contributed by atoms with E-state index in [2.05, 4.69) is 0 Å². The molecule has 0 aliphatic carbocycles. The van der Waals surface area contributed by atoms with Gasteiger partial charge in [-0.3, -0.25) is 4.79 Å². The van der Waals surface area contributed by atoms with Crippen molar-refractivity contribution in [3.05, 3.63) is 71.2 Å². The van der Waals surface area contributed by atoms with Gasteiger partial charge in [-0.25, -0.2) is 8.42 Å². The highest BCUT2D eigenvalue weighted by atomic mass is 35.5. The molecule has 0 radical (unpaired) electrons. The van der Waals surface area contributed by atoms with Gasteiger partial charge in [0.1, 0.15) is 0 Å². The number of nitrogens with zero attached hydrogens (tertiary/aromatic N) is 2. The number of sulfonamides is 1. The molecule has 0 N–H and O–H groups in total. The van der Waals surface area contributed by atoms with Crippen LogP contribution in [0.4, 0.5) is 5.69 Å². The van der Waals surface area contributed by atoms with E-state index in [9.17, 15) is 13.2 Å². The van der Waals surface area contributed by atoms with E-state index in [1.165, 1.54) is 27.4 Å². The summed E-state index contributed by atoms with van der Waals surface area (Å²) in [5, 5.41) is 2.27. The van der Waals surface area contributed by atoms with E-state index in [0.29, 0.717) is 18.9 Å². The van der Waals surface area contributed by atoms with E-state index < -0.39 is 10.0 Å². The Kier molecular flexibility index (Phi) is 5.79. The number of carbonyl (C=O) groups is 1. The van der Waals surface area contributed by atoms with Crippen LogP contribution in [-0.2, 0) is 14.8 Å². The molecule has 0 bridgehead atoms. The highest BCUT2D eigenvalue weighted by molar-refractivity contribution is 7.89. The minimum absolute atomic E-state index is 0.0454. The first-order valence-electron chi connectivity index (χ1n) is 9.52. The van der Waals surface area contributed by atoms with Crippen molar-refractivity contribution in [2.24, 2.45) is 0 Å². The molecule has 0 spiro atoms. The smallest absolute Gasteiger partial charge is 0.259 e. The molecule has 0 aromatic heterocycles. The Labute approximate surface area is 180 Å². The van der Waals surface area contributed by atoms with Gasteiger partial charge in [0.25, 0.3) is 5.91 Å². The summed E-state index contributed by atoms with van der Waals surface area (Å²) in [6.45, 7) is 1.27. The summed E-state index contributed by atoms with van der Waals surface area (Å²) in [4.78, 5) is 14.7.